The Balaban J connectivity index is 1.79. The van der Waals surface area contributed by atoms with Crippen LogP contribution in [-0.4, -0.2) is 40.8 Å². The summed E-state index contributed by atoms with van der Waals surface area (Å²) in [5.41, 5.74) is 3.31. The molecule has 1 aromatic carbocycles. The van der Waals surface area contributed by atoms with E-state index in [1.807, 2.05) is 20.3 Å². The summed E-state index contributed by atoms with van der Waals surface area (Å²) in [7, 11) is 4.06. The molecule has 0 aliphatic carbocycles. The second-order valence-corrected chi connectivity index (χ2v) is 4.86. The van der Waals surface area contributed by atoms with Crippen LogP contribution in [0, 0.1) is 0 Å². The van der Waals surface area contributed by atoms with Gasteiger partial charge in [0, 0.05) is 39.1 Å². The molecule has 1 heterocycles. The molecule has 1 aromatic heterocycles. The lowest BCUT2D eigenvalue weighted by Crippen LogP contribution is -2.13. The molecule has 6 nitrogen and oxygen atoms in total. The molecule has 0 amide bonds. The van der Waals surface area contributed by atoms with E-state index in [1.165, 1.54) is 11.3 Å². The molecule has 108 valence electrons. The van der Waals surface area contributed by atoms with E-state index in [0.29, 0.717) is 13.1 Å². The van der Waals surface area contributed by atoms with Gasteiger partial charge < -0.3 is 15.3 Å². The largest absolute Gasteiger partial charge is 0.394 e. The van der Waals surface area contributed by atoms with E-state index in [1.54, 1.807) is 4.68 Å². The lowest BCUT2D eigenvalue weighted by molar-refractivity contribution is 0.268. The molecule has 0 spiro atoms. The molecule has 0 atom stereocenters. The Morgan fingerprint density at radius 2 is 1.95 bits per heavy atom. The molecular formula is C14H21N5O. The average Bonchev–Trinajstić information content (AvgIpc) is 2.87. The van der Waals surface area contributed by atoms with E-state index in [9.17, 15) is 0 Å². The van der Waals surface area contributed by atoms with Gasteiger partial charge in [0.05, 0.1) is 18.8 Å². The molecule has 20 heavy (non-hydrogen) atoms. The normalized spacial score (nSPS) is 10.8. The van der Waals surface area contributed by atoms with Crippen molar-refractivity contribution < 1.29 is 5.11 Å². The van der Waals surface area contributed by atoms with Crippen LogP contribution in [0.25, 0.3) is 0 Å². The summed E-state index contributed by atoms with van der Waals surface area (Å²) < 4.78 is 1.64. The Morgan fingerprint density at radius 1 is 1.20 bits per heavy atom. The fourth-order valence-corrected chi connectivity index (χ4v) is 1.88. The molecule has 0 saturated heterocycles. The van der Waals surface area contributed by atoms with Crippen LogP contribution in [0.15, 0.2) is 30.5 Å². The SMILES string of the molecule is CN(C)c1ccc(CNCc2cn(CCO)nn2)cc1. The van der Waals surface area contributed by atoms with E-state index < -0.39 is 0 Å². The highest BCUT2D eigenvalue weighted by Gasteiger charge is 2.00. The van der Waals surface area contributed by atoms with Crippen molar-refractivity contribution in [2.24, 2.45) is 0 Å². The number of rotatable bonds is 7. The summed E-state index contributed by atoms with van der Waals surface area (Å²) in [4.78, 5) is 2.08. The molecule has 6 heteroatoms. The number of hydrogen-bond acceptors (Lipinski definition) is 5. The molecule has 0 saturated carbocycles. The van der Waals surface area contributed by atoms with Gasteiger partial charge in [-0.1, -0.05) is 17.3 Å². The van der Waals surface area contributed by atoms with Gasteiger partial charge >= 0.3 is 0 Å². The standard InChI is InChI=1S/C14H21N5O/c1-18(2)14-5-3-12(4-6-14)9-15-10-13-11-19(7-8-20)17-16-13/h3-6,11,15,20H,7-10H2,1-2H3. The maximum absolute atomic E-state index is 8.81. The predicted octanol–water partition coefficient (Wildman–Crippen LogP) is 0.626. The average molecular weight is 275 g/mol. The van der Waals surface area contributed by atoms with Gasteiger partial charge in [-0.15, -0.1) is 5.10 Å². The molecule has 2 aromatic rings. The second-order valence-electron chi connectivity index (χ2n) is 4.86. The second kappa shape index (κ2) is 7.02. The van der Waals surface area contributed by atoms with Gasteiger partial charge in [-0.3, -0.25) is 0 Å². The monoisotopic (exact) mass is 275 g/mol. The summed E-state index contributed by atoms with van der Waals surface area (Å²) in [5.74, 6) is 0. The Kier molecular flexibility index (Phi) is 5.09. The first-order valence-corrected chi connectivity index (χ1v) is 6.66. The van der Waals surface area contributed by atoms with Crippen LogP contribution in [0.4, 0.5) is 5.69 Å². The van der Waals surface area contributed by atoms with Crippen LogP contribution in [0.3, 0.4) is 0 Å². The molecule has 0 bridgehead atoms. The molecule has 0 radical (unpaired) electrons. The zero-order chi connectivity index (χ0) is 14.4. The summed E-state index contributed by atoms with van der Waals surface area (Å²) in [5, 5.41) is 20.1. The third-order valence-electron chi connectivity index (χ3n) is 3.00. The van der Waals surface area contributed by atoms with Gasteiger partial charge in [-0.25, -0.2) is 4.68 Å². The number of nitrogens with one attached hydrogen (secondary N) is 1. The summed E-state index contributed by atoms with van der Waals surface area (Å²) in [6, 6.07) is 8.44. The molecule has 0 aliphatic rings. The number of aromatic nitrogens is 3. The number of aliphatic hydroxyl groups excluding tert-OH is 1. The number of benzene rings is 1. The van der Waals surface area contributed by atoms with Crippen molar-refractivity contribution in [2.75, 3.05) is 25.6 Å². The molecular weight excluding hydrogens is 254 g/mol. The third kappa shape index (κ3) is 4.04. The third-order valence-corrected chi connectivity index (χ3v) is 3.00. The van der Waals surface area contributed by atoms with Crippen LogP contribution in [0.2, 0.25) is 0 Å². The fourth-order valence-electron chi connectivity index (χ4n) is 1.88. The first-order valence-electron chi connectivity index (χ1n) is 6.66. The molecule has 0 aliphatic heterocycles. The Bertz CT molecular complexity index is 521. The zero-order valence-corrected chi connectivity index (χ0v) is 12.0. The van der Waals surface area contributed by atoms with Crippen molar-refractivity contribution in [2.45, 2.75) is 19.6 Å². The van der Waals surface area contributed by atoms with Gasteiger partial charge in [0.15, 0.2) is 0 Å². The highest BCUT2D eigenvalue weighted by Crippen LogP contribution is 2.12. The predicted molar refractivity (Wildman–Crippen MR) is 78.4 cm³/mol. The number of anilines is 1. The minimum Gasteiger partial charge on any atom is -0.394 e. The highest BCUT2D eigenvalue weighted by molar-refractivity contribution is 5.45. The van der Waals surface area contributed by atoms with Crippen LogP contribution in [0.1, 0.15) is 11.3 Å². The van der Waals surface area contributed by atoms with E-state index in [0.717, 1.165) is 12.2 Å². The smallest absolute Gasteiger partial charge is 0.0964 e. The number of hydrogen-bond donors (Lipinski definition) is 2. The summed E-state index contributed by atoms with van der Waals surface area (Å²) >= 11 is 0. The lowest BCUT2D eigenvalue weighted by atomic mass is 10.2. The zero-order valence-electron chi connectivity index (χ0n) is 12.0. The molecule has 2 N–H and O–H groups in total. The molecule has 0 unspecified atom stereocenters. The van der Waals surface area contributed by atoms with Crippen molar-refractivity contribution in [1.29, 1.82) is 0 Å². The van der Waals surface area contributed by atoms with E-state index in [-0.39, 0.29) is 6.61 Å². The van der Waals surface area contributed by atoms with Gasteiger partial charge in [-0.2, -0.15) is 0 Å². The molecule has 0 fully saturated rings. The van der Waals surface area contributed by atoms with Gasteiger partial charge in [0.1, 0.15) is 0 Å². The fraction of sp³-hybridized carbons (Fsp3) is 0.429. The van der Waals surface area contributed by atoms with Crippen LogP contribution in [0.5, 0.6) is 0 Å². The summed E-state index contributed by atoms with van der Waals surface area (Å²) in [6.07, 6.45) is 1.85. The Labute approximate surface area is 119 Å². The Hall–Kier alpha value is -1.92. The van der Waals surface area contributed by atoms with E-state index in [2.05, 4.69) is 44.8 Å². The van der Waals surface area contributed by atoms with Crippen molar-refractivity contribution in [1.82, 2.24) is 20.3 Å². The van der Waals surface area contributed by atoms with Crippen molar-refractivity contribution in [3.05, 3.63) is 41.7 Å². The number of nitrogens with zero attached hydrogens (tertiary/aromatic N) is 4. The first kappa shape index (κ1) is 14.5. The van der Waals surface area contributed by atoms with Crippen molar-refractivity contribution in [3.8, 4) is 0 Å². The maximum atomic E-state index is 8.81. The molecule has 2 rings (SSSR count). The van der Waals surface area contributed by atoms with Crippen molar-refractivity contribution >= 4 is 5.69 Å². The topological polar surface area (TPSA) is 66.2 Å². The Morgan fingerprint density at radius 3 is 2.60 bits per heavy atom. The van der Waals surface area contributed by atoms with Crippen molar-refractivity contribution in [3.63, 3.8) is 0 Å². The van der Waals surface area contributed by atoms with E-state index in [4.69, 9.17) is 5.11 Å². The minimum atomic E-state index is 0.0778. The minimum absolute atomic E-state index is 0.0778. The quantitative estimate of drug-likeness (QED) is 0.776. The van der Waals surface area contributed by atoms with Crippen LogP contribution in [-0.2, 0) is 19.6 Å². The highest BCUT2D eigenvalue weighted by atomic mass is 16.3. The van der Waals surface area contributed by atoms with Crippen LogP contribution >= 0.6 is 0 Å². The van der Waals surface area contributed by atoms with Crippen LogP contribution < -0.4 is 10.2 Å². The first-order chi connectivity index (χ1) is 9.69. The number of aliphatic hydroxyl groups is 1. The maximum Gasteiger partial charge on any atom is 0.0964 e. The van der Waals surface area contributed by atoms with Gasteiger partial charge in [0.2, 0.25) is 0 Å². The van der Waals surface area contributed by atoms with Gasteiger partial charge in [0.25, 0.3) is 0 Å². The lowest BCUT2D eigenvalue weighted by Gasteiger charge is -2.12. The van der Waals surface area contributed by atoms with E-state index >= 15 is 0 Å². The van der Waals surface area contributed by atoms with Gasteiger partial charge in [-0.05, 0) is 17.7 Å². The summed E-state index contributed by atoms with van der Waals surface area (Å²) in [6.45, 7) is 2.02.